The van der Waals surface area contributed by atoms with Crippen molar-refractivity contribution in [1.29, 1.82) is 0 Å². The third kappa shape index (κ3) is 2.68. The predicted molar refractivity (Wildman–Crippen MR) is 99.8 cm³/mol. The summed E-state index contributed by atoms with van der Waals surface area (Å²) >= 11 is 0. The molecule has 0 saturated heterocycles. The van der Waals surface area contributed by atoms with Gasteiger partial charge >= 0.3 is 0 Å². The van der Waals surface area contributed by atoms with Crippen molar-refractivity contribution in [2.75, 3.05) is 11.9 Å². The van der Waals surface area contributed by atoms with E-state index in [1.54, 1.807) is 0 Å². The van der Waals surface area contributed by atoms with Crippen LogP contribution in [0.4, 0.5) is 5.69 Å². The molecule has 2 nitrogen and oxygen atoms in total. The molecule has 0 amide bonds. The molecule has 0 aliphatic heterocycles. The molecule has 116 valence electrons. The van der Waals surface area contributed by atoms with Crippen LogP contribution in [-0.4, -0.2) is 7.05 Å². The third-order valence-corrected chi connectivity index (χ3v) is 4.07. The minimum atomic E-state index is 0.889. The fourth-order valence-electron chi connectivity index (χ4n) is 2.86. The summed E-state index contributed by atoms with van der Waals surface area (Å²) in [5.74, 6) is 0. The van der Waals surface area contributed by atoms with Crippen molar-refractivity contribution < 1.29 is 4.42 Å². The first-order valence-electron chi connectivity index (χ1n) is 7.66. The van der Waals surface area contributed by atoms with Crippen molar-refractivity contribution in [3.05, 3.63) is 78.5 Å². The Morgan fingerprint density at radius 1 is 1.00 bits per heavy atom. The molecule has 0 unspecified atom stereocenters. The van der Waals surface area contributed by atoms with E-state index in [0.717, 1.165) is 44.5 Å². The molecule has 3 aromatic rings. The monoisotopic (exact) mass is 303 g/mol. The lowest BCUT2D eigenvalue weighted by Gasteiger charge is -2.22. The lowest BCUT2D eigenvalue weighted by atomic mass is 10.1. The topological polar surface area (TPSA) is 16.4 Å². The quantitative estimate of drug-likeness (QED) is 0.545. The molecule has 2 heteroatoms. The lowest BCUT2D eigenvalue weighted by Crippen LogP contribution is -2.16. The molecule has 1 aromatic heterocycles. The van der Waals surface area contributed by atoms with E-state index >= 15 is 0 Å². The molecule has 23 heavy (non-hydrogen) atoms. The molecule has 2 aromatic carbocycles. The van der Waals surface area contributed by atoms with Crippen LogP contribution < -0.4 is 4.90 Å². The Kier molecular flexibility index (Phi) is 3.83. The molecular formula is C21H21NO. The van der Waals surface area contributed by atoms with Crippen molar-refractivity contribution in [3.8, 4) is 0 Å². The van der Waals surface area contributed by atoms with E-state index in [-0.39, 0.29) is 0 Å². The highest BCUT2D eigenvalue weighted by Gasteiger charge is 2.15. The van der Waals surface area contributed by atoms with Gasteiger partial charge in [0.1, 0.15) is 5.58 Å². The first-order valence-corrected chi connectivity index (χ1v) is 7.66. The molecule has 3 rings (SSSR count). The van der Waals surface area contributed by atoms with E-state index in [2.05, 4.69) is 42.3 Å². The first-order chi connectivity index (χ1) is 11.0. The number of nitrogens with zero attached hydrogens (tertiary/aromatic N) is 1. The normalized spacial score (nSPS) is 11.9. The van der Waals surface area contributed by atoms with Gasteiger partial charge in [-0.2, -0.15) is 0 Å². The maximum absolute atomic E-state index is 6.10. The van der Waals surface area contributed by atoms with E-state index in [1.165, 1.54) is 0 Å². The number of allylic oxidation sites excluding steroid dienone is 3. The SMILES string of the molecule is C=C(C)/C=C(/C)C(=C)N(C)c1cccc2c1oc1ccccc12. The van der Waals surface area contributed by atoms with Gasteiger partial charge in [0, 0.05) is 23.5 Å². The average Bonchev–Trinajstić information content (AvgIpc) is 2.91. The second kappa shape index (κ2) is 5.81. The van der Waals surface area contributed by atoms with Crippen LogP contribution in [0.3, 0.4) is 0 Å². The highest BCUT2D eigenvalue weighted by molar-refractivity contribution is 6.09. The number of fused-ring (bicyclic) bond motifs is 3. The van der Waals surface area contributed by atoms with Crippen molar-refractivity contribution in [3.63, 3.8) is 0 Å². The molecule has 0 aliphatic rings. The van der Waals surface area contributed by atoms with Crippen LogP contribution in [0.15, 0.2) is 83.0 Å². The van der Waals surface area contributed by atoms with E-state index in [9.17, 15) is 0 Å². The average molecular weight is 303 g/mol. The number of benzene rings is 2. The molecule has 0 aliphatic carbocycles. The predicted octanol–water partition coefficient (Wildman–Crippen LogP) is 6.06. The summed E-state index contributed by atoms with van der Waals surface area (Å²) in [7, 11) is 2.01. The molecule has 0 fully saturated rings. The number of likely N-dealkylation sites (N-methyl/N-ethyl adjacent to an activating group) is 1. The molecule has 1 heterocycles. The van der Waals surface area contributed by atoms with Crippen molar-refractivity contribution in [2.24, 2.45) is 0 Å². The van der Waals surface area contributed by atoms with Gasteiger partial charge in [-0.15, -0.1) is 0 Å². The zero-order valence-corrected chi connectivity index (χ0v) is 13.9. The van der Waals surface area contributed by atoms with Gasteiger partial charge in [0.15, 0.2) is 5.58 Å². The van der Waals surface area contributed by atoms with E-state index in [0.29, 0.717) is 0 Å². The Labute approximate surface area is 137 Å². The van der Waals surface area contributed by atoms with E-state index in [1.807, 2.05) is 45.2 Å². The largest absolute Gasteiger partial charge is 0.454 e. The smallest absolute Gasteiger partial charge is 0.159 e. The van der Waals surface area contributed by atoms with Gasteiger partial charge in [-0.3, -0.25) is 0 Å². The molecule has 0 saturated carbocycles. The van der Waals surface area contributed by atoms with Crippen LogP contribution in [0.5, 0.6) is 0 Å². The van der Waals surface area contributed by atoms with Crippen LogP contribution in [0.2, 0.25) is 0 Å². The summed E-state index contributed by atoms with van der Waals surface area (Å²) in [6.45, 7) is 12.2. The molecular weight excluding hydrogens is 282 g/mol. The highest BCUT2D eigenvalue weighted by Crippen LogP contribution is 2.36. The number of rotatable bonds is 4. The fraction of sp³-hybridized carbons (Fsp3) is 0.143. The van der Waals surface area contributed by atoms with Crippen LogP contribution >= 0.6 is 0 Å². The lowest BCUT2D eigenvalue weighted by molar-refractivity contribution is 0.668. The van der Waals surface area contributed by atoms with E-state index in [4.69, 9.17) is 4.42 Å². The second-order valence-corrected chi connectivity index (χ2v) is 5.93. The van der Waals surface area contributed by atoms with Crippen molar-refractivity contribution in [2.45, 2.75) is 13.8 Å². The Morgan fingerprint density at radius 2 is 1.70 bits per heavy atom. The van der Waals surface area contributed by atoms with Crippen molar-refractivity contribution >= 4 is 27.6 Å². The number of furan rings is 1. The third-order valence-electron chi connectivity index (χ3n) is 4.07. The van der Waals surface area contributed by atoms with Gasteiger partial charge in [-0.25, -0.2) is 0 Å². The molecule has 0 spiro atoms. The Morgan fingerprint density at radius 3 is 2.43 bits per heavy atom. The van der Waals surface area contributed by atoms with Gasteiger partial charge in [-0.1, -0.05) is 55.1 Å². The summed E-state index contributed by atoms with van der Waals surface area (Å²) in [6.07, 6.45) is 2.04. The first kappa shape index (κ1) is 15.2. The molecule has 0 bridgehead atoms. The standard InChI is InChI=1S/C21H21NO/c1-14(2)13-15(3)16(4)22(5)19-11-8-10-18-17-9-6-7-12-20(17)23-21(18)19/h6-13H,1,4H2,2-3,5H3/b15-13-. The fourth-order valence-corrected chi connectivity index (χ4v) is 2.86. The van der Waals surface area contributed by atoms with Gasteiger partial charge < -0.3 is 9.32 Å². The molecule has 0 N–H and O–H groups in total. The number of hydrogen-bond donors (Lipinski definition) is 0. The molecule has 0 atom stereocenters. The van der Waals surface area contributed by atoms with Gasteiger partial charge in [0.2, 0.25) is 0 Å². The zero-order valence-electron chi connectivity index (χ0n) is 13.9. The Hall–Kier alpha value is -2.74. The zero-order chi connectivity index (χ0) is 16.6. The van der Waals surface area contributed by atoms with Crippen LogP contribution in [0.1, 0.15) is 13.8 Å². The summed E-state index contributed by atoms with van der Waals surface area (Å²) in [4.78, 5) is 2.07. The Balaban J connectivity index is 2.13. The molecule has 0 radical (unpaired) electrons. The maximum Gasteiger partial charge on any atom is 0.159 e. The van der Waals surface area contributed by atoms with Crippen LogP contribution in [0, 0.1) is 0 Å². The van der Waals surface area contributed by atoms with E-state index < -0.39 is 0 Å². The maximum atomic E-state index is 6.10. The highest BCUT2D eigenvalue weighted by atomic mass is 16.3. The summed E-state index contributed by atoms with van der Waals surface area (Å²) in [5, 5.41) is 2.26. The van der Waals surface area contributed by atoms with Gasteiger partial charge in [0.05, 0.1) is 5.69 Å². The van der Waals surface area contributed by atoms with Crippen molar-refractivity contribution in [1.82, 2.24) is 0 Å². The number of para-hydroxylation sites is 2. The Bertz CT molecular complexity index is 943. The minimum Gasteiger partial charge on any atom is -0.454 e. The number of anilines is 1. The summed E-state index contributed by atoms with van der Waals surface area (Å²) in [5.41, 5.74) is 5.84. The summed E-state index contributed by atoms with van der Waals surface area (Å²) in [6, 6.07) is 14.3. The van der Waals surface area contributed by atoms with Gasteiger partial charge in [0.25, 0.3) is 0 Å². The van der Waals surface area contributed by atoms with Gasteiger partial charge in [-0.05, 0) is 31.6 Å². The second-order valence-electron chi connectivity index (χ2n) is 5.93. The number of hydrogen-bond acceptors (Lipinski definition) is 2. The minimum absolute atomic E-state index is 0.889. The van der Waals surface area contributed by atoms with Crippen LogP contribution in [0.25, 0.3) is 21.9 Å². The van der Waals surface area contributed by atoms with Crippen LogP contribution in [-0.2, 0) is 0 Å². The summed E-state index contributed by atoms with van der Waals surface area (Å²) < 4.78 is 6.10.